The molecule has 4 nitrogen and oxygen atoms in total. The number of amides is 1. The molecule has 3 heterocycles. The summed E-state index contributed by atoms with van der Waals surface area (Å²) in [6.07, 6.45) is 5.69. The first-order valence-corrected chi connectivity index (χ1v) is 5.54. The van der Waals surface area contributed by atoms with Gasteiger partial charge in [-0.25, -0.2) is 0 Å². The molecular formula is C11H15N3O. The van der Waals surface area contributed by atoms with Crippen molar-refractivity contribution in [2.24, 2.45) is 22.7 Å². The average Bonchev–Trinajstić information content (AvgIpc) is 2.69. The van der Waals surface area contributed by atoms with Crippen LogP contribution in [0.15, 0.2) is 17.1 Å². The van der Waals surface area contributed by atoms with Crippen LogP contribution in [0.25, 0.3) is 0 Å². The molecule has 2 saturated heterocycles. The van der Waals surface area contributed by atoms with Crippen LogP contribution in [0.2, 0.25) is 0 Å². The summed E-state index contributed by atoms with van der Waals surface area (Å²) in [4.78, 5) is 16.3. The number of carbonyl (C=O) groups is 1. The van der Waals surface area contributed by atoms with Crippen LogP contribution in [0.5, 0.6) is 0 Å². The van der Waals surface area contributed by atoms with Gasteiger partial charge in [0.1, 0.15) is 0 Å². The Labute approximate surface area is 88.8 Å². The number of nitrogens with one attached hydrogen (secondary N) is 2. The number of carbonyl (C=O) groups excluding carboxylic acids is 1. The number of dihydropyridines is 1. The number of aliphatic imine (C=N–C) groups is 1. The first-order chi connectivity index (χ1) is 7.36. The molecule has 80 valence electrons. The highest BCUT2D eigenvalue weighted by atomic mass is 16.1. The molecule has 0 radical (unpaired) electrons. The molecule has 0 bridgehead atoms. The van der Waals surface area contributed by atoms with E-state index in [1.54, 1.807) is 0 Å². The monoisotopic (exact) mass is 205 g/mol. The Morgan fingerprint density at radius 2 is 2.27 bits per heavy atom. The van der Waals surface area contributed by atoms with Crippen LogP contribution < -0.4 is 10.6 Å². The minimum atomic E-state index is -0.0510. The van der Waals surface area contributed by atoms with Gasteiger partial charge in [-0.15, -0.1) is 0 Å². The first kappa shape index (κ1) is 9.09. The molecule has 4 unspecified atom stereocenters. The van der Waals surface area contributed by atoms with Crippen molar-refractivity contribution in [1.82, 2.24) is 10.6 Å². The summed E-state index contributed by atoms with van der Waals surface area (Å²) in [5.74, 6) is 1.15. The quantitative estimate of drug-likeness (QED) is 0.564. The lowest BCUT2D eigenvalue weighted by atomic mass is 9.82. The largest absolute Gasteiger partial charge is 0.355 e. The van der Waals surface area contributed by atoms with E-state index in [-0.39, 0.29) is 17.9 Å². The van der Waals surface area contributed by atoms with E-state index >= 15 is 0 Å². The standard InChI is InChI=1S/C11H15N3O/c15-11-8-2-1-3-13-10(8)9-6-12-4-7(9)5-14-11/h1-3,7-10,12H,4-6H2,(H,14,15). The van der Waals surface area contributed by atoms with Crippen molar-refractivity contribution in [3.05, 3.63) is 12.2 Å². The van der Waals surface area contributed by atoms with Crippen LogP contribution in [0.1, 0.15) is 0 Å². The lowest BCUT2D eigenvalue weighted by molar-refractivity contribution is -0.123. The maximum absolute atomic E-state index is 11.8. The van der Waals surface area contributed by atoms with E-state index < -0.39 is 0 Å². The van der Waals surface area contributed by atoms with E-state index in [0.29, 0.717) is 11.8 Å². The molecule has 0 aromatic carbocycles. The smallest absolute Gasteiger partial charge is 0.229 e. The normalized spacial score (nSPS) is 43.1. The molecule has 0 aromatic heterocycles. The number of hydrogen-bond donors (Lipinski definition) is 2. The lowest BCUT2D eigenvalue weighted by Gasteiger charge is -2.26. The summed E-state index contributed by atoms with van der Waals surface area (Å²) in [5, 5.41) is 6.40. The molecular weight excluding hydrogens is 190 g/mol. The van der Waals surface area contributed by atoms with Crippen LogP contribution in [0.3, 0.4) is 0 Å². The van der Waals surface area contributed by atoms with Crippen LogP contribution in [0, 0.1) is 17.8 Å². The molecule has 15 heavy (non-hydrogen) atoms. The maximum Gasteiger partial charge on any atom is 0.229 e. The molecule has 2 N–H and O–H groups in total. The highest BCUT2D eigenvalue weighted by Gasteiger charge is 2.42. The van der Waals surface area contributed by atoms with Gasteiger partial charge in [-0.1, -0.05) is 6.08 Å². The Balaban J connectivity index is 1.93. The van der Waals surface area contributed by atoms with Crippen molar-refractivity contribution >= 4 is 12.1 Å². The molecule has 0 spiro atoms. The van der Waals surface area contributed by atoms with E-state index in [9.17, 15) is 4.79 Å². The van der Waals surface area contributed by atoms with Gasteiger partial charge in [0.15, 0.2) is 0 Å². The predicted molar refractivity (Wildman–Crippen MR) is 57.8 cm³/mol. The molecule has 1 amide bonds. The Bertz CT molecular complexity index is 337. The molecule has 0 aromatic rings. The molecule has 0 aliphatic carbocycles. The number of allylic oxidation sites excluding steroid dienone is 1. The Hall–Kier alpha value is -1.16. The highest BCUT2D eigenvalue weighted by Crippen LogP contribution is 2.31. The third-order valence-corrected chi connectivity index (χ3v) is 3.70. The van der Waals surface area contributed by atoms with E-state index in [1.807, 2.05) is 18.4 Å². The minimum absolute atomic E-state index is 0.0510. The van der Waals surface area contributed by atoms with Gasteiger partial charge in [-0.2, -0.15) is 0 Å². The lowest BCUT2D eigenvalue weighted by Crippen LogP contribution is -2.37. The van der Waals surface area contributed by atoms with E-state index in [0.717, 1.165) is 19.6 Å². The van der Waals surface area contributed by atoms with Gasteiger partial charge in [0, 0.05) is 31.8 Å². The van der Waals surface area contributed by atoms with Crippen LogP contribution in [-0.4, -0.2) is 37.8 Å². The number of nitrogens with zero attached hydrogens (tertiary/aromatic N) is 1. The minimum Gasteiger partial charge on any atom is -0.355 e. The predicted octanol–water partition coefficient (Wildman–Crippen LogP) is -0.423. The van der Waals surface area contributed by atoms with E-state index in [4.69, 9.17) is 0 Å². The maximum atomic E-state index is 11.8. The first-order valence-electron chi connectivity index (χ1n) is 5.54. The molecule has 2 fully saturated rings. The Morgan fingerprint density at radius 1 is 1.33 bits per heavy atom. The second-order valence-electron chi connectivity index (χ2n) is 4.53. The fraction of sp³-hybridized carbons (Fsp3) is 0.636. The Morgan fingerprint density at radius 3 is 3.20 bits per heavy atom. The second-order valence-corrected chi connectivity index (χ2v) is 4.53. The summed E-state index contributed by atoms with van der Waals surface area (Å²) in [7, 11) is 0. The summed E-state index contributed by atoms with van der Waals surface area (Å²) in [6, 6.07) is 0.150. The van der Waals surface area contributed by atoms with Crippen molar-refractivity contribution < 1.29 is 4.79 Å². The average molecular weight is 205 g/mol. The second kappa shape index (κ2) is 3.45. The number of rotatable bonds is 0. The molecule has 4 atom stereocenters. The van der Waals surface area contributed by atoms with Crippen molar-refractivity contribution in [3.8, 4) is 0 Å². The molecule has 3 aliphatic rings. The van der Waals surface area contributed by atoms with Crippen LogP contribution in [0.4, 0.5) is 0 Å². The van der Waals surface area contributed by atoms with Gasteiger partial charge >= 0.3 is 0 Å². The van der Waals surface area contributed by atoms with Gasteiger partial charge in [-0.3, -0.25) is 9.79 Å². The van der Waals surface area contributed by atoms with Crippen molar-refractivity contribution in [2.75, 3.05) is 19.6 Å². The van der Waals surface area contributed by atoms with Gasteiger partial charge < -0.3 is 10.6 Å². The summed E-state index contributed by atoms with van der Waals surface area (Å²) < 4.78 is 0. The molecule has 3 rings (SSSR count). The van der Waals surface area contributed by atoms with E-state index in [2.05, 4.69) is 15.6 Å². The van der Waals surface area contributed by atoms with Crippen molar-refractivity contribution in [1.29, 1.82) is 0 Å². The molecule has 0 saturated carbocycles. The third-order valence-electron chi connectivity index (χ3n) is 3.70. The number of hydrogen-bond acceptors (Lipinski definition) is 3. The fourth-order valence-electron chi connectivity index (χ4n) is 2.87. The van der Waals surface area contributed by atoms with Crippen molar-refractivity contribution in [3.63, 3.8) is 0 Å². The highest BCUT2D eigenvalue weighted by molar-refractivity contribution is 5.85. The zero-order valence-electron chi connectivity index (χ0n) is 8.52. The summed E-state index contributed by atoms with van der Waals surface area (Å²) >= 11 is 0. The van der Waals surface area contributed by atoms with E-state index in [1.165, 1.54) is 0 Å². The zero-order valence-corrected chi connectivity index (χ0v) is 8.52. The van der Waals surface area contributed by atoms with Crippen LogP contribution >= 0.6 is 0 Å². The Kier molecular flexibility index (Phi) is 2.09. The van der Waals surface area contributed by atoms with Gasteiger partial charge in [-0.05, 0) is 12.0 Å². The molecule has 3 aliphatic heterocycles. The van der Waals surface area contributed by atoms with Crippen molar-refractivity contribution in [2.45, 2.75) is 6.04 Å². The number of fused-ring (bicyclic) bond motifs is 3. The third kappa shape index (κ3) is 1.40. The van der Waals surface area contributed by atoms with Gasteiger partial charge in [0.05, 0.1) is 12.0 Å². The van der Waals surface area contributed by atoms with Gasteiger partial charge in [0.2, 0.25) is 5.91 Å². The summed E-state index contributed by atoms with van der Waals surface area (Å²) in [5.41, 5.74) is 0. The SMILES string of the molecule is O=C1NCC2CNCC2C2N=CC=CC12. The summed E-state index contributed by atoms with van der Waals surface area (Å²) in [6.45, 7) is 2.80. The topological polar surface area (TPSA) is 53.5 Å². The zero-order chi connectivity index (χ0) is 10.3. The molecule has 4 heteroatoms. The van der Waals surface area contributed by atoms with Gasteiger partial charge in [0.25, 0.3) is 0 Å². The van der Waals surface area contributed by atoms with Crippen LogP contribution in [-0.2, 0) is 4.79 Å². The fourth-order valence-corrected chi connectivity index (χ4v) is 2.87.